The summed E-state index contributed by atoms with van der Waals surface area (Å²) in [7, 11) is 0. The predicted octanol–water partition coefficient (Wildman–Crippen LogP) is 2.75. The molecule has 0 bridgehead atoms. The molecule has 2 aromatic rings. The summed E-state index contributed by atoms with van der Waals surface area (Å²) in [6.45, 7) is 1.55. The van der Waals surface area contributed by atoms with Crippen molar-refractivity contribution in [3.63, 3.8) is 0 Å². The van der Waals surface area contributed by atoms with Gasteiger partial charge in [0.2, 0.25) is 18.6 Å². The number of anilines is 1. The molecule has 1 aliphatic carbocycles. The fraction of sp³-hybridized carbons (Fsp3) is 0.417. The summed E-state index contributed by atoms with van der Waals surface area (Å²) in [5, 5.41) is 3.02. The molecule has 31 heavy (non-hydrogen) atoms. The Labute approximate surface area is 180 Å². The summed E-state index contributed by atoms with van der Waals surface area (Å²) in [5.74, 6) is 2.29. The molecule has 2 aromatic carbocycles. The van der Waals surface area contributed by atoms with E-state index in [0.717, 1.165) is 36.1 Å². The highest BCUT2D eigenvalue weighted by Crippen LogP contribution is 2.54. The molecule has 2 amide bonds. The second-order valence-corrected chi connectivity index (χ2v) is 8.64. The first-order valence-corrected chi connectivity index (χ1v) is 10.9. The molecule has 3 heterocycles. The smallest absolute Gasteiger partial charge is 0.245 e. The van der Waals surface area contributed by atoms with Crippen LogP contribution in [0.4, 0.5) is 5.69 Å². The van der Waals surface area contributed by atoms with Crippen LogP contribution in [-0.4, -0.2) is 38.3 Å². The van der Waals surface area contributed by atoms with E-state index in [1.54, 1.807) is 0 Å². The quantitative estimate of drug-likeness (QED) is 0.753. The second-order valence-electron chi connectivity index (χ2n) is 8.64. The number of amides is 2. The van der Waals surface area contributed by atoms with Crippen LogP contribution in [0.15, 0.2) is 36.4 Å². The van der Waals surface area contributed by atoms with Gasteiger partial charge in [0.25, 0.3) is 0 Å². The largest absolute Gasteiger partial charge is 0.491 e. The highest BCUT2D eigenvalue weighted by molar-refractivity contribution is 6.11. The van der Waals surface area contributed by atoms with E-state index in [1.807, 2.05) is 41.3 Å². The van der Waals surface area contributed by atoms with Crippen LogP contribution in [0.5, 0.6) is 17.2 Å². The van der Waals surface area contributed by atoms with Crippen molar-refractivity contribution in [3.8, 4) is 17.2 Å². The molecule has 1 fully saturated rings. The number of hydrogen-bond acceptors (Lipinski definition) is 5. The van der Waals surface area contributed by atoms with Crippen LogP contribution in [0, 0.1) is 5.92 Å². The summed E-state index contributed by atoms with van der Waals surface area (Å²) < 4.78 is 17.0. The highest BCUT2D eigenvalue weighted by Gasteiger charge is 2.57. The van der Waals surface area contributed by atoms with Gasteiger partial charge in [0, 0.05) is 36.3 Å². The average molecular weight is 420 g/mol. The molecule has 6 rings (SSSR count). The number of ether oxygens (including phenoxy) is 3. The molecule has 1 atom stereocenters. The van der Waals surface area contributed by atoms with Crippen molar-refractivity contribution in [3.05, 3.63) is 47.5 Å². The summed E-state index contributed by atoms with van der Waals surface area (Å²) in [4.78, 5) is 27.8. The molecule has 1 spiro atoms. The van der Waals surface area contributed by atoms with E-state index in [0.29, 0.717) is 36.8 Å². The maximum Gasteiger partial charge on any atom is 0.245 e. The fourth-order valence-electron chi connectivity index (χ4n) is 5.05. The van der Waals surface area contributed by atoms with Crippen LogP contribution in [0.1, 0.15) is 36.8 Å². The lowest BCUT2D eigenvalue weighted by Gasteiger charge is -2.25. The summed E-state index contributed by atoms with van der Waals surface area (Å²) >= 11 is 0. The van der Waals surface area contributed by atoms with Crippen LogP contribution < -0.4 is 24.4 Å². The van der Waals surface area contributed by atoms with Crippen molar-refractivity contribution in [2.45, 2.75) is 31.1 Å². The molecule has 4 aliphatic rings. The highest BCUT2D eigenvalue weighted by atomic mass is 16.7. The van der Waals surface area contributed by atoms with Crippen LogP contribution in [0.2, 0.25) is 0 Å². The number of carbonyl (C=O) groups is 2. The van der Waals surface area contributed by atoms with E-state index in [-0.39, 0.29) is 31.1 Å². The van der Waals surface area contributed by atoms with Crippen LogP contribution in [-0.2, 0) is 15.0 Å². The Balaban J connectivity index is 1.27. The third kappa shape index (κ3) is 2.65. The first kappa shape index (κ1) is 18.5. The predicted molar refractivity (Wildman–Crippen MR) is 113 cm³/mol. The fourth-order valence-corrected chi connectivity index (χ4v) is 5.05. The van der Waals surface area contributed by atoms with Crippen molar-refractivity contribution in [2.75, 3.05) is 31.4 Å². The van der Waals surface area contributed by atoms with Crippen molar-refractivity contribution in [1.29, 1.82) is 0 Å². The maximum atomic E-state index is 13.8. The van der Waals surface area contributed by atoms with Crippen LogP contribution in [0.3, 0.4) is 0 Å². The molecule has 1 N–H and O–H groups in total. The van der Waals surface area contributed by atoms with E-state index in [4.69, 9.17) is 14.2 Å². The van der Waals surface area contributed by atoms with E-state index >= 15 is 0 Å². The third-order valence-corrected chi connectivity index (χ3v) is 6.98. The zero-order valence-corrected chi connectivity index (χ0v) is 17.2. The number of para-hydroxylation sites is 1. The lowest BCUT2D eigenvalue weighted by atomic mass is 9.77. The minimum atomic E-state index is -0.873. The molecule has 7 nitrogen and oxygen atoms in total. The Hall–Kier alpha value is -3.22. The van der Waals surface area contributed by atoms with Gasteiger partial charge in [-0.15, -0.1) is 0 Å². The van der Waals surface area contributed by atoms with E-state index in [2.05, 4.69) is 5.32 Å². The average Bonchev–Trinajstić information content (AvgIpc) is 3.40. The van der Waals surface area contributed by atoms with Gasteiger partial charge in [0.05, 0.1) is 0 Å². The monoisotopic (exact) mass is 420 g/mol. The van der Waals surface area contributed by atoms with Crippen molar-refractivity contribution in [2.24, 2.45) is 5.92 Å². The summed E-state index contributed by atoms with van der Waals surface area (Å²) in [6, 6.07) is 11.6. The van der Waals surface area contributed by atoms with Gasteiger partial charge in [-0.1, -0.05) is 24.6 Å². The van der Waals surface area contributed by atoms with E-state index < -0.39 is 5.41 Å². The molecule has 160 valence electrons. The van der Waals surface area contributed by atoms with Crippen LogP contribution in [0.25, 0.3) is 0 Å². The minimum absolute atomic E-state index is 0.0108. The van der Waals surface area contributed by atoms with Gasteiger partial charge in [0.1, 0.15) is 17.8 Å². The zero-order valence-electron chi connectivity index (χ0n) is 17.2. The van der Waals surface area contributed by atoms with E-state index in [1.165, 1.54) is 0 Å². The first-order chi connectivity index (χ1) is 15.2. The standard InChI is InChI=1S/C24H24N2O5/c27-22(15-5-3-6-15)25-9-4-10-26-18-8-2-1-7-16(18)24(23(26)28)13-29-19-12-21-20(11-17(19)24)30-14-31-21/h1-2,7-8,11-12,15H,3-6,9-10,13-14H2,(H,25,27). The summed E-state index contributed by atoms with van der Waals surface area (Å²) in [6.07, 6.45) is 3.82. The number of benzene rings is 2. The number of nitrogens with zero attached hydrogens (tertiary/aromatic N) is 1. The van der Waals surface area contributed by atoms with Gasteiger partial charge in [-0.2, -0.15) is 0 Å². The van der Waals surface area contributed by atoms with Gasteiger partial charge in [-0.25, -0.2) is 0 Å². The topological polar surface area (TPSA) is 77.1 Å². The number of hydrogen-bond donors (Lipinski definition) is 1. The first-order valence-electron chi connectivity index (χ1n) is 10.9. The van der Waals surface area contributed by atoms with Gasteiger partial charge in [-0.3, -0.25) is 9.59 Å². The normalized spacial score (nSPS) is 22.8. The molecular formula is C24H24N2O5. The summed E-state index contributed by atoms with van der Waals surface area (Å²) in [5.41, 5.74) is 1.82. The Bertz CT molecular complexity index is 1080. The number of carbonyl (C=O) groups excluding carboxylic acids is 2. The van der Waals surface area contributed by atoms with Crippen molar-refractivity contribution >= 4 is 17.5 Å². The Morgan fingerprint density at radius 3 is 2.68 bits per heavy atom. The Morgan fingerprint density at radius 1 is 1.06 bits per heavy atom. The third-order valence-electron chi connectivity index (χ3n) is 6.98. The molecule has 3 aliphatic heterocycles. The van der Waals surface area contributed by atoms with Gasteiger partial charge >= 0.3 is 0 Å². The minimum Gasteiger partial charge on any atom is -0.491 e. The number of rotatable bonds is 5. The maximum absolute atomic E-state index is 13.8. The van der Waals surface area contributed by atoms with Gasteiger partial charge in [0.15, 0.2) is 11.5 Å². The van der Waals surface area contributed by atoms with Gasteiger partial charge < -0.3 is 24.4 Å². The molecule has 1 unspecified atom stereocenters. The molecule has 1 saturated carbocycles. The van der Waals surface area contributed by atoms with Crippen molar-refractivity contribution < 1.29 is 23.8 Å². The SMILES string of the molecule is O=C(NCCCN1C(=O)C2(COc3cc4c(cc32)OCO4)c2ccccc21)C1CCC1. The van der Waals surface area contributed by atoms with E-state index in [9.17, 15) is 9.59 Å². The Kier molecular flexibility index (Phi) is 4.13. The number of fused-ring (bicyclic) bond motifs is 5. The zero-order chi connectivity index (χ0) is 21.0. The molecule has 7 heteroatoms. The molecular weight excluding hydrogens is 396 g/mol. The van der Waals surface area contributed by atoms with Gasteiger partial charge in [-0.05, 0) is 37.0 Å². The lowest BCUT2D eigenvalue weighted by molar-refractivity contribution is -0.127. The van der Waals surface area contributed by atoms with Crippen molar-refractivity contribution in [1.82, 2.24) is 5.32 Å². The molecule has 0 aromatic heterocycles. The Morgan fingerprint density at radius 2 is 1.87 bits per heavy atom. The molecule has 0 saturated heterocycles. The second kappa shape index (κ2) is 6.90. The number of nitrogens with one attached hydrogen (secondary N) is 1. The lowest BCUT2D eigenvalue weighted by Crippen LogP contribution is -2.43. The molecule has 0 radical (unpaired) electrons. The van der Waals surface area contributed by atoms with Crippen LogP contribution >= 0.6 is 0 Å².